The van der Waals surface area contributed by atoms with Gasteiger partial charge >= 0.3 is 6.43 Å². The summed E-state index contributed by atoms with van der Waals surface area (Å²) >= 11 is 0. The molecular weight excluding hydrogens is 378 g/mol. The van der Waals surface area contributed by atoms with E-state index in [1.54, 1.807) is 55.6 Å². The van der Waals surface area contributed by atoms with Crippen LogP contribution in [-0.2, 0) is 0 Å². The summed E-state index contributed by atoms with van der Waals surface area (Å²) in [5, 5.41) is 0. The Bertz CT molecular complexity index is 852. The summed E-state index contributed by atoms with van der Waals surface area (Å²) in [6.07, 6.45) is -2.80. The topological polar surface area (TPSA) is 70.5 Å². The molecule has 0 spiro atoms. The summed E-state index contributed by atoms with van der Waals surface area (Å²) in [6.45, 7) is 0.803. The monoisotopic (exact) mass is 396 g/mol. The van der Waals surface area contributed by atoms with Gasteiger partial charge in [0.2, 0.25) is 0 Å². The molecule has 27 heavy (non-hydrogen) atoms. The predicted molar refractivity (Wildman–Crippen MR) is 101 cm³/mol. The van der Waals surface area contributed by atoms with E-state index in [2.05, 4.69) is 4.98 Å². The van der Waals surface area contributed by atoms with Crippen LogP contribution < -0.4 is 15.2 Å². The lowest BCUT2D eigenvalue weighted by Gasteiger charge is -2.06. The van der Waals surface area contributed by atoms with Crippen molar-refractivity contribution in [2.45, 2.75) is 6.43 Å². The molecule has 0 fully saturated rings. The molecule has 2 aromatic carbocycles. The molecule has 0 atom stereocenters. The van der Waals surface area contributed by atoms with Crippen LogP contribution in [0, 0.1) is 0 Å². The van der Waals surface area contributed by atoms with Crippen molar-refractivity contribution < 1.29 is 22.7 Å². The first-order chi connectivity index (χ1) is 12.6. The summed E-state index contributed by atoms with van der Waals surface area (Å²) in [7, 11) is 1.56. The predicted octanol–water partition coefficient (Wildman–Crippen LogP) is 4.71. The highest BCUT2D eigenvalue weighted by molar-refractivity contribution is 5.85. The van der Waals surface area contributed by atoms with Crippen molar-refractivity contribution in [3.05, 3.63) is 54.4 Å². The Morgan fingerprint density at radius 1 is 1.00 bits per heavy atom. The molecule has 3 aromatic rings. The first-order valence-corrected chi connectivity index (χ1v) is 7.99. The Labute approximate surface area is 161 Å². The molecule has 1 aromatic heterocycles. The zero-order valence-electron chi connectivity index (χ0n) is 14.5. The molecule has 0 saturated carbocycles. The number of rotatable bonds is 7. The number of alkyl halides is 2. The summed E-state index contributed by atoms with van der Waals surface area (Å²) in [5.74, 6) is 0.957. The minimum absolute atomic E-state index is 0. The Morgan fingerprint density at radius 2 is 1.59 bits per heavy atom. The maximum atomic E-state index is 13.1. The number of nitrogens with zero attached hydrogens (tertiary/aromatic N) is 1. The largest absolute Gasteiger partial charge is 0.497 e. The summed E-state index contributed by atoms with van der Waals surface area (Å²) in [4.78, 5) is 3.98. The van der Waals surface area contributed by atoms with E-state index < -0.39 is 12.3 Å². The Morgan fingerprint density at radius 3 is 2.15 bits per heavy atom. The average molecular weight is 397 g/mol. The number of aromatic nitrogens is 1. The maximum absolute atomic E-state index is 13.1. The normalized spacial score (nSPS) is 10.6. The second kappa shape index (κ2) is 9.34. The molecule has 0 saturated heterocycles. The summed E-state index contributed by atoms with van der Waals surface area (Å²) < 4.78 is 42.1. The van der Waals surface area contributed by atoms with Crippen molar-refractivity contribution in [3.63, 3.8) is 0 Å². The van der Waals surface area contributed by atoms with Gasteiger partial charge in [-0.25, -0.2) is 4.98 Å². The highest BCUT2D eigenvalue weighted by atomic mass is 35.5. The van der Waals surface area contributed by atoms with Gasteiger partial charge in [0.15, 0.2) is 5.76 Å². The van der Waals surface area contributed by atoms with Crippen LogP contribution in [0.25, 0.3) is 22.6 Å². The second-order valence-electron chi connectivity index (χ2n) is 5.42. The van der Waals surface area contributed by atoms with Gasteiger partial charge in [-0.2, -0.15) is 8.78 Å². The highest BCUT2D eigenvalue weighted by Gasteiger charge is 2.22. The van der Waals surface area contributed by atoms with E-state index >= 15 is 0 Å². The van der Waals surface area contributed by atoms with Crippen LogP contribution in [-0.4, -0.2) is 25.2 Å². The van der Waals surface area contributed by atoms with Crippen molar-refractivity contribution in [1.29, 1.82) is 0 Å². The van der Waals surface area contributed by atoms with E-state index in [1.165, 1.54) is 0 Å². The first kappa shape index (κ1) is 20.7. The van der Waals surface area contributed by atoms with Gasteiger partial charge < -0.3 is 19.6 Å². The van der Waals surface area contributed by atoms with E-state index in [0.29, 0.717) is 41.5 Å². The lowest BCUT2D eigenvalue weighted by Crippen LogP contribution is -2.10. The van der Waals surface area contributed by atoms with Gasteiger partial charge in [0, 0.05) is 17.7 Å². The Balaban J connectivity index is 0.00000261. The molecule has 0 radical (unpaired) electrons. The van der Waals surface area contributed by atoms with Crippen LogP contribution in [0.4, 0.5) is 8.78 Å². The summed E-state index contributed by atoms with van der Waals surface area (Å²) in [6, 6.07) is 13.9. The number of hydrogen-bond acceptors (Lipinski definition) is 5. The van der Waals surface area contributed by atoms with Gasteiger partial charge in [-0.1, -0.05) is 0 Å². The van der Waals surface area contributed by atoms with Crippen molar-refractivity contribution in [2.75, 3.05) is 20.3 Å². The number of nitrogens with two attached hydrogens (primary N) is 1. The third-order valence-electron chi connectivity index (χ3n) is 3.70. The first-order valence-electron chi connectivity index (χ1n) is 7.99. The van der Waals surface area contributed by atoms with E-state index in [4.69, 9.17) is 19.6 Å². The van der Waals surface area contributed by atoms with Gasteiger partial charge in [-0.05, 0) is 48.5 Å². The number of hydrogen-bond donors (Lipinski definition) is 1. The van der Waals surface area contributed by atoms with Crippen LogP contribution >= 0.6 is 12.4 Å². The molecule has 0 bridgehead atoms. The molecular formula is C19H19ClF2N2O3. The molecule has 144 valence electrons. The highest BCUT2D eigenvalue weighted by Crippen LogP contribution is 2.36. The molecule has 0 aliphatic heterocycles. The number of benzene rings is 2. The zero-order chi connectivity index (χ0) is 18.5. The fourth-order valence-corrected chi connectivity index (χ4v) is 2.45. The minimum Gasteiger partial charge on any atom is -0.497 e. The number of methoxy groups -OCH3 is 1. The number of ether oxygens (including phenoxy) is 2. The smallest absolute Gasteiger partial charge is 0.313 e. The molecule has 0 amide bonds. The van der Waals surface area contributed by atoms with E-state index in [0.717, 1.165) is 0 Å². The second-order valence-corrected chi connectivity index (χ2v) is 5.42. The molecule has 1 heterocycles. The van der Waals surface area contributed by atoms with Crippen LogP contribution in [0.2, 0.25) is 0 Å². The van der Waals surface area contributed by atoms with E-state index in [9.17, 15) is 8.78 Å². The fraction of sp³-hybridized carbons (Fsp3) is 0.211. The van der Waals surface area contributed by atoms with Gasteiger partial charge in [-0.15, -0.1) is 12.4 Å². The SMILES string of the molecule is COc1ccc(-c2nc(C(F)F)oc2-c2ccc(OCCN)cc2)cc1.Cl. The molecule has 8 heteroatoms. The Hall–Kier alpha value is -2.64. The summed E-state index contributed by atoms with van der Waals surface area (Å²) in [5.41, 5.74) is 7.02. The lowest BCUT2D eigenvalue weighted by molar-refractivity contribution is 0.116. The zero-order valence-corrected chi connectivity index (χ0v) is 15.3. The third-order valence-corrected chi connectivity index (χ3v) is 3.70. The lowest BCUT2D eigenvalue weighted by atomic mass is 10.1. The third kappa shape index (κ3) is 4.75. The molecule has 0 unspecified atom stereocenters. The average Bonchev–Trinajstić information content (AvgIpc) is 3.12. The van der Waals surface area contributed by atoms with Crippen molar-refractivity contribution in [1.82, 2.24) is 4.98 Å². The van der Waals surface area contributed by atoms with Gasteiger partial charge in [0.05, 0.1) is 7.11 Å². The number of oxazole rings is 1. The number of halogens is 3. The van der Waals surface area contributed by atoms with Crippen LogP contribution in [0.1, 0.15) is 12.3 Å². The molecule has 0 aliphatic carbocycles. The van der Waals surface area contributed by atoms with Crippen LogP contribution in [0.5, 0.6) is 11.5 Å². The van der Waals surface area contributed by atoms with E-state index in [-0.39, 0.29) is 18.2 Å². The molecule has 5 nitrogen and oxygen atoms in total. The standard InChI is InChI=1S/C19H18F2N2O3.ClH/c1-24-14-6-2-12(3-7-14)16-17(26-19(23-16)18(20)21)13-4-8-15(9-5-13)25-11-10-22;/h2-9,18H,10-11,22H2,1H3;1H. The van der Waals surface area contributed by atoms with Crippen LogP contribution in [0.3, 0.4) is 0 Å². The molecule has 3 rings (SSSR count). The maximum Gasteiger partial charge on any atom is 0.313 e. The van der Waals surface area contributed by atoms with Crippen molar-refractivity contribution in [2.24, 2.45) is 5.73 Å². The van der Waals surface area contributed by atoms with Gasteiger partial charge in [0.25, 0.3) is 5.89 Å². The quantitative estimate of drug-likeness (QED) is 0.626. The Kier molecular flexibility index (Phi) is 7.15. The minimum atomic E-state index is -2.80. The van der Waals surface area contributed by atoms with E-state index in [1.807, 2.05) is 0 Å². The molecule has 2 N–H and O–H groups in total. The molecule has 0 aliphatic rings. The van der Waals surface area contributed by atoms with Crippen LogP contribution in [0.15, 0.2) is 52.9 Å². The van der Waals surface area contributed by atoms with Crippen molar-refractivity contribution >= 4 is 12.4 Å². The van der Waals surface area contributed by atoms with Gasteiger partial charge in [-0.3, -0.25) is 0 Å². The van der Waals surface area contributed by atoms with Crippen molar-refractivity contribution in [3.8, 4) is 34.1 Å². The fourth-order valence-electron chi connectivity index (χ4n) is 2.45. The van der Waals surface area contributed by atoms with Gasteiger partial charge in [0.1, 0.15) is 23.8 Å².